The van der Waals surface area contributed by atoms with Gasteiger partial charge in [-0.2, -0.15) is 16.9 Å². The first-order valence-corrected chi connectivity index (χ1v) is 9.63. The standard InChI is InChI=1S/C16H27N5OS/c1-19(2)14-10-20(11-15(14)23-3)16(22)13-6-8-21(18-13)12-5-4-7-17-9-12/h6,8,12,14-15,17H,4-5,7,9-11H2,1-3H3. The highest BCUT2D eigenvalue weighted by Gasteiger charge is 2.37. The van der Waals surface area contributed by atoms with Crippen LogP contribution in [0, 0.1) is 0 Å². The van der Waals surface area contributed by atoms with E-state index in [0.29, 0.717) is 23.0 Å². The van der Waals surface area contributed by atoms with E-state index < -0.39 is 0 Å². The van der Waals surface area contributed by atoms with Crippen LogP contribution in [0.3, 0.4) is 0 Å². The number of aromatic nitrogens is 2. The Bertz CT molecular complexity index is 540. The van der Waals surface area contributed by atoms with Gasteiger partial charge in [-0.3, -0.25) is 9.48 Å². The first-order chi connectivity index (χ1) is 11.1. The summed E-state index contributed by atoms with van der Waals surface area (Å²) in [7, 11) is 4.18. The quantitative estimate of drug-likeness (QED) is 0.886. The Balaban J connectivity index is 1.67. The molecule has 2 fully saturated rings. The van der Waals surface area contributed by atoms with Gasteiger partial charge in [0.05, 0.1) is 6.04 Å². The van der Waals surface area contributed by atoms with Gasteiger partial charge < -0.3 is 15.1 Å². The van der Waals surface area contributed by atoms with Gasteiger partial charge in [-0.05, 0) is 45.8 Å². The number of nitrogens with one attached hydrogen (secondary N) is 1. The summed E-state index contributed by atoms with van der Waals surface area (Å²) in [6.07, 6.45) is 6.37. The SMILES string of the molecule is CSC1CN(C(=O)c2ccn(C3CCCNC3)n2)CC1N(C)C. The number of amides is 1. The average molecular weight is 337 g/mol. The Hall–Kier alpha value is -1.05. The fourth-order valence-electron chi connectivity index (χ4n) is 3.53. The first kappa shape index (κ1) is 16.8. The molecule has 0 saturated carbocycles. The lowest BCUT2D eigenvalue weighted by Gasteiger charge is -2.23. The van der Waals surface area contributed by atoms with E-state index in [1.54, 1.807) is 0 Å². The van der Waals surface area contributed by atoms with Gasteiger partial charge >= 0.3 is 0 Å². The molecule has 3 rings (SSSR count). The molecule has 2 saturated heterocycles. The molecule has 1 aromatic rings. The number of thioether (sulfide) groups is 1. The summed E-state index contributed by atoms with van der Waals surface area (Å²) < 4.78 is 1.96. The first-order valence-electron chi connectivity index (χ1n) is 8.34. The van der Waals surface area contributed by atoms with Crippen molar-refractivity contribution in [2.75, 3.05) is 46.5 Å². The highest BCUT2D eigenvalue weighted by molar-refractivity contribution is 7.99. The topological polar surface area (TPSA) is 53.4 Å². The molecule has 1 aromatic heterocycles. The minimum Gasteiger partial charge on any atom is -0.334 e. The second-order valence-corrected chi connectivity index (χ2v) is 7.77. The Labute approximate surface area is 142 Å². The number of rotatable bonds is 4. The lowest BCUT2D eigenvalue weighted by molar-refractivity contribution is 0.0776. The van der Waals surface area contributed by atoms with E-state index in [4.69, 9.17) is 0 Å². The molecule has 7 heteroatoms. The maximum atomic E-state index is 12.8. The maximum Gasteiger partial charge on any atom is 0.274 e. The number of hydrogen-bond donors (Lipinski definition) is 1. The van der Waals surface area contributed by atoms with Crippen LogP contribution in [0.15, 0.2) is 12.3 Å². The van der Waals surface area contributed by atoms with Gasteiger partial charge in [0.15, 0.2) is 0 Å². The van der Waals surface area contributed by atoms with Crippen molar-refractivity contribution in [2.24, 2.45) is 0 Å². The van der Waals surface area contributed by atoms with Gasteiger partial charge in [0.1, 0.15) is 5.69 Å². The second kappa shape index (κ2) is 7.23. The molecule has 0 aromatic carbocycles. The van der Waals surface area contributed by atoms with Crippen molar-refractivity contribution in [3.8, 4) is 0 Å². The molecule has 6 nitrogen and oxygen atoms in total. The van der Waals surface area contributed by atoms with Gasteiger partial charge in [0, 0.05) is 37.1 Å². The van der Waals surface area contributed by atoms with Gasteiger partial charge in [-0.1, -0.05) is 0 Å². The van der Waals surface area contributed by atoms with Crippen molar-refractivity contribution >= 4 is 17.7 Å². The smallest absolute Gasteiger partial charge is 0.274 e. The summed E-state index contributed by atoms with van der Waals surface area (Å²) in [5.41, 5.74) is 0.579. The Kier molecular flexibility index (Phi) is 5.28. The van der Waals surface area contributed by atoms with Crippen molar-refractivity contribution < 1.29 is 4.79 Å². The number of nitrogens with zero attached hydrogens (tertiary/aromatic N) is 4. The third-order valence-electron chi connectivity index (χ3n) is 4.96. The van der Waals surface area contributed by atoms with Crippen LogP contribution in [0.25, 0.3) is 0 Å². The molecular weight excluding hydrogens is 310 g/mol. The van der Waals surface area contributed by atoms with Crippen LogP contribution < -0.4 is 5.32 Å². The van der Waals surface area contributed by atoms with Gasteiger partial charge in [0.2, 0.25) is 0 Å². The monoisotopic (exact) mass is 337 g/mol. The van der Waals surface area contributed by atoms with Crippen LogP contribution in [-0.4, -0.2) is 83.3 Å². The molecule has 3 heterocycles. The minimum atomic E-state index is 0.0657. The molecule has 0 bridgehead atoms. The minimum absolute atomic E-state index is 0.0657. The molecule has 3 unspecified atom stereocenters. The van der Waals surface area contributed by atoms with E-state index in [9.17, 15) is 4.79 Å². The molecule has 2 aliphatic rings. The Morgan fingerprint density at radius 2 is 2.26 bits per heavy atom. The van der Waals surface area contributed by atoms with Crippen molar-refractivity contribution in [1.82, 2.24) is 24.9 Å². The van der Waals surface area contributed by atoms with Crippen molar-refractivity contribution in [3.05, 3.63) is 18.0 Å². The molecular formula is C16H27N5OS. The number of carbonyl (C=O) groups excluding carboxylic acids is 1. The molecule has 2 aliphatic heterocycles. The molecule has 3 atom stereocenters. The lowest BCUT2D eigenvalue weighted by atomic mass is 10.1. The van der Waals surface area contributed by atoms with Crippen LogP contribution in [0.4, 0.5) is 0 Å². The average Bonchev–Trinajstić information content (AvgIpc) is 3.22. The third kappa shape index (κ3) is 3.56. The van der Waals surface area contributed by atoms with Crippen LogP contribution in [0.1, 0.15) is 29.4 Å². The van der Waals surface area contributed by atoms with E-state index in [2.05, 4.69) is 35.7 Å². The molecule has 128 valence electrons. The van der Waals surface area contributed by atoms with E-state index in [0.717, 1.165) is 32.6 Å². The molecule has 23 heavy (non-hydrogen) atoms. The van der Waals surface area contributed by atoms with Crippen LogP contribution in [0.2, 0.25) is 0 Å². The van der Waals surface area contributed by atoms with Gasteiger partial charge in [0.25, 0.3) is 5.91 Å². The number of hydrogen-bond acceptors (Lipinski definition) is 5. The number of likely N-dealkylation sites (tertiary alicyclic amines) is 1. The van der Waals surface area contributed by atoms with Crippen LogP contribution in [-0.2, 0) is 0 Å². The predicted molar refractivity (Wildman–Crippen MR) is 94.0 cm³/mol. The van der Waals surface area contributed by atoms with Crippen LogP contribution >= 0.6 is 11.8 Å². The zero-order chi connectivity index (χ0) is 16.4. The molecule has 1 amide bonds. The maximum absolute atomic E-state index is 12.8. The Morgan fingerprint density at radius 3 is 2.87 bits per heavy atom. The van der Waals surface area contributed by atoms with Crippen molar-refractivity contribution in [3.63, 3.8) is 0 Å². The zero-order valence-electron chi connectivity index (χ0n) is 14.2. The largest absolute Gasteiger partial charge is 0.334 e. The fourth-order valence-corrected chi connectivity index (χ4v) is 4.50. The zero-order valence-corrected chi connectivity index (χ0v) is 15.1. The predicted octanol–water partition coefficient (Wildman–Crippen LogP) is 0.925. The lowest BCUT2D eigenvalue weighted by Crippen LogP contribution is -2.37. The number of carbonyl (C=O) groups is 1. The normalized spacial score (nSPS) is 28.5. The molecule has 0 spiro atoms. The summed E-state index contributed by atoms with van der Waals surface area (Å²) in [4.78, 5) is 17.0. The highest BCUT2D eigenvalue weighted by atomic mass is 32.2. The Morgan fingerprint density at radius 1 is 1.43 bits per heavy atom. The fraction of sp³-hybridized carbons (Fsp3) is 0.750. The van der Waals surface area contributed by atoms with E-state index in [1.165, 1.54) is 6.42 Å². The summed E-state index contributed by atoms with van der Waals surface area (Å²) in [6, 6.07) is 2.66. The molecule has 0 radical (unpaired) electrons. The van der Waals surface area contributed by atoms with Gasteiger partial charge in [-0.15, -0.1) is 0 Å². The van der Waals surface area contributed by atoms with Gasteiger partial charge in [-0.25, -0.2) is 0 Å². The molecule has 0 aliphatic carbocycles. The number of likely N-dealkylation sites (N-methyl/N-ethyl adjacent to an activating group) is 1. The summed E-state index contributed by atoms with van der Waals surface area (Å²) in [5, 5.41) is 8.43. The number of piperidine rings is 1. The van der Waals surface area contributed by atoms with Crippen molar-refractivity contribution in [1.29, 1.82) is 0 Å². The summed E-state index contributed by atoms with van der Waals surface area (Å²) >= 11 is 1.84. The highest BCUT2D eigenvalue weighted by Crippen LogP contribution is 2.25. The molecule has 1 N–H and O–H groups in total. The van der Waals surface area contributed by atoms with Crippen LogP contribution in [0.5, 0.6) is 0 Å². The van der Waals surface area contributed by atoms with E-state index in [-0.39, 0.29) is 5.91 Å². The summed E-state index contributed by atoms with van der Waals surface area (Å²) in [5.74, 6) is 0.0657. The van der Waals surface area contributed by atoms with E-state index >= 15 is 0 Å². The van der Waals surface area contributed by atoms with Crippen molar-refractivity contribution in [2.45, 2.75) is 30.2 Å². The summed E-state index contributed by atoms with van der Waals surface area (Å²) in [6.45, 7) is 3.62. The second-order valence-electron chi connectivity index (χ2n) is 6.70. The third-order valence-corrected chi connectivity index (χ3v) is 6.03. The van der Waals surface area contributed by atoms with E-state index in [1.807, 2.05) is 33.6 Å².